The summed E-state index contributed by atoms with van der Waals surface area (Å²) in [6, 6.07) is 8.71. The molecule has 112 valence electrons. The molecular weight excluding hydrogens is 260 g/mol. The fourth-order valence-corrected chi connectivity index (χ4v) is 4.07. The first kappa shape index (κ1) is 13.2. The predicted molar refractivity (Wildman–Crippen MR) is 86.8 cm³/mol. The lowest BCUT2D eigenvalue weighted by Gasteiger charge is -2.31. The highest BCUT2D eigenvalue weighted by Crippen LogP contribution is 2.43. The van der Waals surface area contributed by atoms with Crippen molar-refractivity contribution < 1.29 is 4.74 Å². The molecule has 1 saturated heterocycles. The van der Waals surface area contributed by atoms with E-state index in [0.29, 0.717) is 0 Å². The molecular formula is C18H24N2O. The Labute approximate surface area is 127 Å². The van der Waals surface area contributed by atoms with E-state index in [1.54, 1.807) is 0 Å². The van der Waals surface area contributed by atoms with Crippen LogP contribution in [-0.4, -0.2) is 32.8 Å². The van der Waals surface area contributed by atoms with Gasteiger partial charge in [0.2, 0.25) is 0 Å². The molecule has 3 nitrogen and oxygen atoms in total. The number of para-hydroxylation sites is 2. The van der Waals surface area contributed by atoms with Crippen LogP contribution in [0, 0.1) is 17.8 Å². The van der Waals surface area contributed by atoms with Gasteiger partial charge >= 0.3 is 0 Å². The molecule has 3 heteroatoms. The standard InChI is InChI=1S/C18H24N2O/c1-2-4-18(20-7-9-21-10-8-20)17(3-1)19-13-16-12-14-5-6-15(16)11-14/h1-6,14-16,19H,7-13H2. The quantitative estimate of drug-likeness (QED) is 0.860. The second-order valence-electron chi connectivity index (χ2n) is 6.54. The normalized spacial score (nSPS) is 30.9. The third-order valence-electron chi connectivity index (χ3n) is 5.23. The van der Waals surface area contributed by atoms with Gasteiger partial charge < -0.3 is 15.0 Å². The summed E-state index contributed by atoms with van der Waals surface area (Å²) < 4.78 is 5.47. The molecule has 1 aliphatic heterocycles. The zero-order valence-corrected chi connectivity index (χ0v) is 12.5. The number of rotatable bonds is 4. The highest BCUT2D eigenvalue weighted by Gasteiger charge is 2.35. The number of nitrogens with one attached hydrogen (secondary N) is 1. The summed E-state index contributed by atoms with van der Waals surface area (Å²) in [6.45, 7) is 4.77. The highest BCUT2D eigenvalue weighted by atomic mass is 16.5. The summed E-state index contributed by atoms with van der Waals surface area (Å²) in [6.07, 6.45) is 7.61. The van der Waals surface area contributed by atoms with Gasteiger partial charge in [-0.1, -0.05) is 24.3 Å². The zero-order valence-electron chi connectivity index (χ0n) is 12.5. The maximum Gasteiger partial charge on any atom is 0.0642 e. The summed E-state index contributed by atoms with van der Waals surface area (Å²) in [7, 11) is 0. The molecule has 0 amide bonds. The van der Waals surface area contributed by atoms with Crippen LogP contribution in [0.25, 0.3) is 0 Å². The van der Waals surface area contributed by atoms with Crippen molar-refractivity contribution in [2.24, 2.45) is 17.8 Å². The number of hydrogen-bond acceptors (Lipinski definition) is 3. The molecule has 2 aliphatic carbocycles. The van der Waals surface area contributed by atoms with Gasteiger partial charge in [-0.05, 0) is 42.7 Å². The van der Waals surface area contributed by atoms with Crippen molar-refractivity contribution >= 4 is 11.4 Å². The average Bonchev–Trinajstić information content (AvgIpc) is 3.17. The summed E-state index contributed by atoms with van der Waals surface area (Å²) in [5.41, 5.74) is 2.62. The molecule has 3 atom stereocenters. The minimum absolute atomic E-state index is 0.817. The molecule has 21 heavy (non-hydrogen) atoms. The number of hydrogen-bond donors (Lipinski definition) is 1. The van der Waals surface area contributed by atoms with Gasteiger partial charge in [0.15, 0.2) is 0 Å². The minimum Gasteiger partial charge on any atom is -0.383 e. The lowest BCUT2D eigenvalue weighted by molar-refractivity contribution is 0.123. The van der Waals surface area contributed by atoms with Crippen LogP contribution in [0.2, 0.25) is 0 Å². The first-order valence-electron chi connectivity index (χ1n) is 8.24. The largest absolute Gasteiger partial charge is 0.383 e. The van der Waals surface area contributed by atoms with Crippen molar-refractivity contribution in [1.29, 1.82) is 0 Å². The van der Waals surface area contributed by atoms with Gasteiger partial charge in [0.05, 0.1) is 24.6 Å². The van der Waals surface area contributed by atoms with Crippen LogP contribution in [0.3, 0.4) is 0 Å². The van der Waals surface area contributed by atoms with E-state index in [-0.39, 0.29) is 0 Å². The van der Waals surface area contributed by atoms with Crippen molar-refractivity contribution in [3.8, 4) is 0 Å². The molecule has 0 aromatic heterocycles. The third kappa shape index (κ3) is 2.67. The van der Waals surface area contributed by atoms with Crippen molar-refractivity contribution in [3.05, 3.63) is 36.4 Å². The summed E-state index contributed by atoms with van der Waals surface area (Å²) in [5, 5.41) is 3.72. The van der Waals surface area contributed by atoms with Crippen molar-refractivity contribution in [3.63, 3.8) is 0 Å². The Hall–Kier alpha value is -1.48. The number of allylic oxidation sites excluding steroid dienone is 2. The summed E-state index contributed by atoms with van der Waals surface area (Å²) >= 11 is 0. The maximum atomic E-state index is 5.47. The molecule has 1 heterocycles. The van der Waals surface area contributed by atoms with E-state index >= 15 is 0 Å². The van der Waals surface area contributed by atoms with E-state index in [2.05, 4.69) is 46.6 Å². The molecule has 1 aromatic rings. The van der Waals surface area contributed by atoms with Crippen LogP contribution in [-0.2, 0) is 4.74 Å². The van der Waals surface area contributed by atoms with Gasteiger partial charge in [-0.15, -0.1) is 0 Å². The molecule has 3 unspecified atom stereocenters. The number of nitrogens with zero attached hydrogens (tertiary/aromatic N) is 1. The second-order valence-corrected chi connectivity index (χ2v) is 6.54. The van der Waals surface area contributed by atoms with E-state index in [4.69, 9.17) is 4.74 Å². The van der Waals surface area contributed by atoms with Gasteiger partial charge in [-0.2, -0.15) is 0 Å². The summed E-state index contributed by atoms with van der Waals surface area (Å²) in [4.78, 5) is 2.44. The number of ether oxygens (including phenoxy) is 1. The van der Waals surface area contributed by atoms with Crippen molar-refractivity contribution in [1.82, 2.24) is 0 Å². The molecule has 0 radical (unpaired) electrons. The maximum absolute atomic E-state index is 5.47. The number of anilines is 2. The Kier molecular flexibility index (Phi) is 3.60. The van der Waals surface area contributed by atoms with Crippen LogP contribution in [0.4, 0.5) is 11.4 Å². The lowest BCUT2D eigenvalue weighted by Crippen LogP contribution is -2.36. The van der Waals surface area contributed by atoms with Crippen LogP contribution in [0.1, 0.15) is 12.8 Å². The van der Waals surface area contributed by atoms with Crippen LogP contribution in [0.5, 0.6) is 0 Å². The van der Waals surface area contributed by atoms with Gasteiger partial charge in [0.25, 0.3) is 0 Å². The van der Waals surface area contributed by atoms with Gasteiger partial charge in [0, 0.05) is 19.6 Å². The molecule has 2 fully saturated rings. The number of benzene rings is 1. The van der Waals surface area contributed by atoms with E-state index < -0.39 is 0 Å². The first-order valence-corrected chi connectivity index (χ1v) is 8.24. The van der Waals surface area contributed by atoms with E-state index in [1.807, 2.05) is 0 Å². The van der Waals surface area contributed by atoms with E-state index in [9.17, 15) is 0 Å². The number of morpholine rings is 1. The molecule has 1 aromatic carbocycles. The molecule has 3 aliphatic rings. The Morgan fingerprint density at radius 3 is 2.71 bits per heavy atom. The Morgan fingerprint density at radius 2 is 1.95 bits per heavy atom. The van der Waals surface area contributed by atoms with Gasteiger partial charge in [0.1, 0.15) is 0 Å². The first-order chi connectivity index (χ1) is 10.4. The monoisotopic (exact) mass is 284 g/mol. The SMILES string of the molecule is C1=CC2CC1CC2CNc1ccccc1N1CCOCC1. The fourth-order valence-electron chi connectivity index (χ4n) is 4.07. The smallest absolute Gasteiger partial charge is 0.0642 e. The minimum atomic E-state index is 0.817. The van der Waals surface area contributed by atoms with E-state index in [1.165, 1.54) is 24.2 Å². The van der Waals surface area contributed by atoms with Crippen molar-refractivity contribution in [2.75, 3.05) is 43.1 Å². The van der Waals surface area contributed by atoms with Crippen LogP contribution in [0.15, 0.2) is 36.4 Å². The molecule has 1 saturated carbocycles. The summed E-state index contributed by atoms with van der Waals surface area (Å²) in [5.74, 6) is 2.49. The van der Waals surface area contributed by atoms with Gasteiger partial charge in [-0.3, -0.25) is 0 Å². The lowest BCUT2D eigenvalue weighted by atomic mass is 9.93. The van der Waals surface area contributed by atoms with Crippen LogP contribution < -0.4 is 10.2 Å². The predicted octanol–water partition coefficient (Wildman–Crippen LogP) is 3.15. The second kappa shape index (κ2) is 5.72. The molecule has 2 bridgehead atoms. The Balaban J connectivity index is 1.43. The Bertz CT molecular complexity index is 522. The molecule has 0 spiro atoms. The average molecular weight is 284 g/mol. The Morgan fingerprint density at radius 1 is 1.10 bits per heavy atom. The zero-order chi connectivity index (χ0) is 14.1. The van der Waals surface area contributed by atoms with Crippen molar-refractivity contribution in [2.45, 2.75) is 12.8 Å². The fraction of sp³-hybridized carbons (Fsp3) is 0.556. The van der Waals surface area contributed by atoms with Crippen LogP contribution >= 0.6 is 0 Å². The topological polar surface area (TPSA) is 24.5 Å². The molecule has 4 rings (SSSR count). The highest BCUT2D eigenvalue weighted by molar-refractivity contribution is 5.70. The number of fused-ring (bicyclic) bond motifs is 2. The van der Waals surface area contributed by atoms with Gasteiger partial charge in [-0.25, -0.2) is 0 Å². The molecule has 1 N–H and O–H groups in total. The van der Waals surface area contributed by atoms with E-state index in [0.717, 1.165) is 50.6 Å². The third-order valence-corrected chi connectivity index (χ3v) is 5.23.